The third kappa shape index (κ3) is 2.57. The van der Waals surface area contributed by atoms with Gasteiger partial charge in [0.05, 0.1) is 36.6 Å². The van der Waals surface area contributed by atoms with Crippen molar-refractivity contribution in [2.75, 3.05) is 6.54 Å². The Kier molecular flexibility index (Phi) is 3.70. The summed E-state index contributed by atoms with van der Waals surface area (Å²) in [5, 5.41) is 0. The number of aromatic amines is 2. The predicted molar refractivity (Wildman–Crippen MR) is 85.7 cm³/mol. The van der Waals surface area contributed by atoms with Gasteiger partial charge in [0.15, 0.2) is 0 Å². The maximum atomic E-state index is 4.56. The molecule has 0 unspecified atom stereocenters. The molecular formula is C16H21N7. The fraction of sp³-hybridized carbons (Fsp3) is 0.438. The molecule has 0 saturated heterocycles. The lowest BCUT2D eigenvalue weighted by Gasteiger charge is -2.34. The van der Waals surface area contributed by atoms with E-state index in [4.69, 9.17) is 0 Å². The van der Waals surface area contributed by atoms with E-state index in [-0.39, 0.29) is 6.04 Å². The molecule has 23 heavy (non-hydrogen) atoms. The van der Waals surface area contributed by atoms with Gasteiger partial charge in [-0.2, -0.15) is 0 Å². The topological polar surface area (TPSA) is 78.4 Å². The summed E-state index contributed by atoms with van der Waals surface area (Å²) in [6, 6.07) is 0.0966. The predicted octanol–water partition coefficient (Wildman–Crippen LogP) is 1.89. The molecule has 0 fully saturated rings. The molecule has 7 heteroatoms. The smallest absolute Gasteiger partial charge is 0.122 e. The first-order valence-corrected chi connectivity index (χ1v) is 8.11. The average molecular weight is 311 g/mol. The fourth-order valence-electron chi connectivity index (χ4n) is 3.37. The van der Waals surface area contributed by atoms with Crippen LogP contribution in [0.1, 0.15) is 42.3 Å². The Labute approximate surface area is 134 Å². The van der Waals surface area contributed by atoms with Gasteiger partial charge in [-0.1, -0.05) is 6.92 Å². The molecular weight excluding hydrogens is 290 g/mol. The second kappa shape index (κ2) is 6.00. The molecule has 3 aromatic heterocycles. The molecule has 3 aromatic rings. The van der Waals surface area contributed by atoms with Crippen LogP contribution in [0.15, 0.2) is 31.2 Å². The van der Waals surface area contributed by atoms with Gasteiger partial charge >= 0.3 is 0 Å². The third-order valence-corrected chi connectivity index (χ3v) is 4.45. The Morgan fingerprint density at radius 1 is 1.26 bits per heavy atom. The Morgan fingerprint density at radius 3 is 3.04 bits per heavy atom. The van der Waals surface area contributed by atoms with Crippen molar-refractivity contribution in [1.29, 1.82) is 0 Å². The summed E-state index contributed by atoms with van der Waals surface area (Å²) in [5.41, 5.74) is 3.39. The van der Waals surface area contributed by atoms with Gasteiger partial charge in [0, 0.05) is 43.8 Å². The monoisotopic (exact) mass is 311 g/mol. The van der Waals surface area contributed by atoms with Crippen molar-refractivity contribution in [3.8, 4) is 0 Å². The first kappa shape index (κ1) is 14.2. The van der Waals surface area contributed by atoms with Gasteiger partial charge in [-0.05, 0) is 6.42 Å². The zero-order chi connectivity index (χ0) is 15.6. The average Bonchev–Trinajstić information content (AvgIpc) is 3.29. The number of aryl methyl sites for hydroxylation is 1. The van der Waals surface area contributed by atoms with Crippen LogP contribution in [0.2, 0.25) is 0 Å². The van der Waals surface area contributed by atoms with E-state index in [1.54, 1.807) is 12.7 Å². The number of fused-ring (bicyclic) bond motifs is 1. The minimum absolute atomic E-state index is 0.0966. The van der Waals surface area contributed by atoms with Crippen LogP contribution >= 0.6 is 0 Å². The summed E-state index contributed by atoms with van der Waals surface area (Å²) in [6.45, 7) is 4.97. The van der Waals surface area contributed by atoms with Crippen molar-refractivity contribution < 1.29 is 0 Å². The van der Waals surface area contributed by atoms with Crippen LogP contribution in [-0.4, -0.2) is 40.9 Å². The van der Waals surface area contributed by atoms with Gasteiger partial charge in [-0.25, -0.2) is 15.0 Å². The minimum Gasteiger partial charge on any atom is -0.348 e. The molecule has 120 valence electrons. The lowest BCUT2D eigenvalue weighted by molar-refractivity contribution is 0.190. The lowest BCUT2D eigenvalue weighted by Crippen LogP contribution is -2.36. The molecule has 0 amide bonds. The molecule has 4 heterocycles. The van der Waals surface area contributed by atoms with Crippen LogP contribution in [0.5, 0.6) is 0 Å². The SMILES string of the molecule is CCCn1ccnc1CN1CCc2[nH]cnc2[C@H]1c1cnc[nH]1. The van der Waals surface area contributed by atoms with Gasteiger partial charge in [0.2, 0.25) is 0 Å². The highest BCUT2D eigenvalue weighted by atomic mass is 15.2. The maximum absolute atomic E-state index is 4.56. The maximum Gasteiger partial charge on any atom is 0.122 e. The molecule has 0 bridgehead atoms. The number of hydrogen-bond acceptors (Lipinski definition) is 4. The van der Waals surface area contributed by atoms with E-state index in [0.29, 0.717) is 0 Å². The molecule has 1 aliphatic rings. The van der Waals surface area contributed by atoms with Crippen LogP contribution in [0.3, 0.4) is 0 Å². The van der Waals surface area contributed by atoms with Crippen molar-refractivity contribution >= 4 is 0 Å². The normalized spacial score (nSPS) is 18.2. The summed E-state index contributed by atoms with van der Waals surface area (Å²) in [6.07, 6.45) is 11.4. The number of rotatable bonds is 5. The number of nitrogens with zero attached hydrogens (tertiary/aromatic N) is 5. The van der Waals surface area contributed by atoms with E-state index in [0.717, 1.165) is 49.7 Å². The van der Waals surface area contributed by atoms with E-state index < -0.39 is 0 Å². The number of imidazole rings is 3. The Morgan fingerprint density at radius 2 is 2.22 bits per heavy atom. The second-order valence-corrected chi connectivity index (χ2v) is 5.93. The standard InChI is InChI=1S/C16H21N7/c1-2-5-22-7-4-18-14(22)9-23-6-3-12-15(21-11-20-12)16(23)13-8-17-10-19-13/h4,7-8,10-11,16H,2-3,5-6,9H2,1H3,(H,17,19)(H,20,21)/t16-/m1/s1. The molecule has 0 aromatic carbocycles. The molecule has 0 saturated carbocycles. The van der Waals surface area contributed by atoms with E-state index >= 15 is 0 Å². The molecule has 7 nitrogen and oxygen atoms in total. The van der Waals surface area contributed by atoms with Crippen molar-refractivity contribution in [3.05, 3.63) is 54.2 Å². The van der Waals surface area contributed by atoms with Crippen LogP contribution in [0.4, 0.5) is 0 Å². The Balaban J connectivity index is 1.66. The molecule has 1 atom stereocenters. The number of aromatic nitrogens is 6. The first-order valence-electron chi connectivity index (χ1n) is 8.11. The summed E-state index contributed by atoms with van der Waals surface area (Å²) in [7, 11) is 0. The first-order chi connectivity index (χ1) is 11.4. The van der Waals surface area contributed by atoms with Crippen LogP contribution in [-0.2, 0) is 19.5 Å². The van der Waals surface area contributed by atoms with E-state index in [2.05, 4.69) is 47.5 Å². The third-order valence-electron chi connectivity index (χ3n) is 4.45. The quantitative estimate of drug-likeness (QED) is 0.754. The molecule has 0 spiro atoms. The largest absolute Gasteiger partial charge is 0.348 e. The highest BCUT2D eigenvalue weighted by Crippen LogP contribution is 2.32. The summed E-state index contributed by atoms with van der Waals surface area (Å²) < 4.78 is 2.24. The molecule has 0 radical (unpaired) electrons. The molecule has 1 aliphatic heterocycles. The summed E-state index contributed by atoms with van der Waals surface area (Å²) >= 11 is 0. The van der Waals surface area contributed by atoms with Crippen molar-refractivity contribution in [3.63, 3.8) is 0 Å². The lowest BCUT2D eigenvalue weighted by atomic mass is 10.0. The van der Waals surface area contributed by atoms with Crippen LogP contribution in [0.25, 0.3) is 0 Å². The Hall–Kier alpha value is -2.41. The van der Waals surface area contributed by atoms with Crippen molar-refractivity contribution in [2.24, 2.45) is 0 Å². The zero-order valence-corrected chi connectivity index (χ0v) is 13.2. The van der Waals surface area contributed by atoms with E-state index in [9.17, 15) is 0 Å². The highest BCUT2D eigenvalue weighted by molar-refractivity contribution is 5.27. The minimum atomic E-state index is 0.0966. The zero-order valence-electron chi connectivity index (χ0n) is 13.2. The van der Waals surface area contributed by atoms with Crippen LogP contribution < -0.4 is 0 Å². The highest BCUT2D eigenvalue weighted by Gasteiger charge is 2.32. The van der Waals surface area contributed by atoms with Gasteiger partial charge in [-0.3, -0.25) is 4.90 Å². The molecule has 4 rings (SSSR count). The van der Waals surface area contributed by atoms with Crippen LogP contribution in [0, 0.1) is 0 Å². The summed E-state index contributed by atoms with van der Waals surface area (Å²) in [5.74, 6) is 1.11. The molecule has 2 N–H and O–H groups in total. The van der Waals surface area contributed by atoms with E-state index in [1.165, 1.54) is 5.69 Å². The van der Waals surface area contributed by atoms with Crippen molar-refractivity contribution in [1.82, 2.24) is 34.4 Å². The fourth-order valence-corrected chi connectivity index (χ4v) is 3.37. The Bertz CT molecular complexity index is 755. The van der Waals surface area contributed by atoms with Gasteiger partial charge < -0.3 is 14.5 Å². The van der Waals surface area contributed by atoms with Gasteiger partial charge in [-0.15, -0.1) is 0 Å². The second-order valence-electron chi connectivity index (χ2n) is 5.93. The summed E-state index contributed by atoms with van der Waals surface area (Å²) in [4.78, 5) is 22.3. The number of nitrogens with one attached hydrogen (secondary N) is 2. The van der Waals surface area contributed by atoms with Gasteiger partial charge in [0.1, 0.15) is 5.82 Å². The molecule has 0 aliphatic carbocycles. The number of hydrogen-bond donors (Lipinski definition) is 2. The van der Waals surface area contributed by atoms with Gasteiger partial charge in [0.25, 0.3) is 0 Å². The number of H-pyrrole nitrogens is 2. The van der Waals surface area contributed by atoms with Crippen molar-refractivity contribution in [2.45, 2.75) is 38.9 Å². The van der Waals surface area contributed by atoms with E-state index in [1.807, 2.05) is 12.4 Å².